The van der Waals surface area contributed by atoms with Crippen LogP contribution in [-0.2, 0) is 14.1 Å². The summed E-state index contributed by atoms with van der Waals surface area (Å²) in [6.07, 6.45) is 4.73. The molecule has 0 unspecified atom stereocenters. The first kappa shape index (κ1) is 10.2. The van der Waals surface area contributed by atoms with E-state index in [0.717, 1.165) is 32.1 Å². The van der Waals surface area contributed by atoms with Gasteiger partial charge in [-0.2, -0.15) is 0 Å². The third-order valence-electron chi connectivity index (χ3n) is 1.83. The molecule has 1 aliphatic rings. The number of rotatable bonds is 3. The van der Waals surface area contributed by atoms with Gasteiger partial charge in [-0.1, -0.05) is 19.3 Å². The zero-order chi connectivity index (χ0) is 9.03. The third kappa shape index (κ3) is 4.18. The molecule has 1 saturated carbocycles. The van der Waals surface area contributed by atoms with Crippen molar-refractivity contribution in [3.63, 3.8) is 0 Å². The summed E-state index contributed by atoms with van der Waals surface area (Å²) in [4.78, 5) is 21.2. The standard InChI is InChI=1S/C6H13O5P/c7-12(8,9)11-10-6-4-2-1-3-5-6/h6H,1-5H2,(H2,7,8,9). The van der Waals surface area contributed by atoms with Crippen LogP contribution in [0.15, 0.2) is 0 Å². The quantitative estimate of drug-likeness (QED) is 0.405. The molecular formula is C6H13O5P. The van der Waals surface area contributed by atoms with Crippen molar-refractivity contribution in [2.24, 2.45) is 0 Å². The lowest BCUT2D eigenvalue weighted by molar-refractivity contribution is -0.263. The van der Waals surface area contributed by atoms with Crippen LogP contribution in [0.4, 0.5) is 0 Å². The fraction of sp³-hybridized carbons (Fsp3) is 1.00. The van der Waals surface area contributed by atoms with Gasteiger partial charge >= 0.3 is 7.82 Å². The fourth-order valence-corrected chi connectivity index (χ4v) is 1.51. The molecule has 6 heteroatoms. The zero-order valence-electron chi connectivity index (χ0n) is 6.68. The van der Waals surface area contributed by atoms with Gasteiger partial charge in [0.1, 0.15) is 0 Å². The highest BCUT2D eigenvalue weighted by molar-refractivity contribution is 7.46. The topological polar surface area (TPSA) is 76.0 Å². The average Bonchev–Trinajstić information content (AvgIpc) is 2.02. The van der Waals surface area contributed by atoms with Crippen LogP contribution in [-0.4, -0.2) is 15.9 Å². The molecule has 0 bridgehead atoms. The van der Waals surface area contributed by atoms with E-state index >= 15 is 0 Å². The van der Waals surface area contributed by atoms with Gasteiger partial charge in [0.05, 0.1) is 6.10 Å². The molecule has 1 rings (SSSR count). The van der Waals surface area contributed by atoms with Crippen molar-refractivity contribution in [2.45, 2.75) is 38.2 Å². The highest BCUT2D eigenvalue weighted by Crippen LogP contribution is 2.37. The van der Waals surface area contributed by atoms with Gasteiger partial charge in [0, 0.05) is 0 Å². The van der Waals surface area contributed by atoms with E-state index in [-0.39, 0.29) is 6.10 Å². The van der Waals surface area contributed by atoms with Crippen LogP contribution in [0.2, 0.25) is 0 Å². The molecule has 0 aromatic rings. The van der Waals surface area contributed by atoms with Gasteiger partial charge in [-0.25, -0.2) is 9.45 Å². The Hall–Kier alpha value is 0.0700. The van der Waals surface area contributed by atoms with E-state index in [4.69, 9.17) is 9.79 Å². The number of hydrogen-bond acceptors (Lipinski definition) is 3. The molecule has 0 aromatic carbocycles. The van der Waals surface area contributed by atoms with Gasteiger partial charge in [0.2, 0.25) is 0 Å². The average molecular weight is 196 g/mol. The molecule has 1 fully saturated rings. The van der Waals surface area contributed by atoms with Crippen LogP contribution in [0.25, 0.3) is 0 Å². The minimum absolute atomic E-state index is 0.147. The molecule has 0 amide bonds. The first-order valence-corrected chi connectivity index (χ1v) is 5.51. The molecule has 2 N–H and O–H groups in total. The lowest BCUT2D eigenvalue weighted by Gasteiger charge is -2.20. The maximum absolute atomic E-state index is 10.2. The number of hydrogen-bond donors (Lipinski definition) is 2. The minimum Gasteiger partial charge on any atom is -0.301 e. The molecule has 0 radical (unpaired) electrons. The second-order valence-electron chi connectivity index (χ2n) is 2.92. The summed E-state index contributed by atoms with van der Waals surface area (Å²) in [6.45, 7) is 0. The molecule has 0 atom stereocenters. The van der Waals surface area contributed by atoms with E-state index in [1.807, 2.05) is 0 Å². The Morgan fingerprint density at radius 1 is 1.17 bits per heavy atom. The second kappa shape index (κ2) is 4.35. The lowest BCUT2D eigenvalue weighted by atomic mass is 9.98. The Balaban J connectivity index is 2.17. The van der Waals surface area contributed by atoms with Gasteiger partial charge in [-0.3, -0.25) is 0 Å². The van der Waals surface area contributed by atoms with Crippen molar-refractivity contribution in [1.82, 2.24) is 0 Å². The summed E-state index contributed by atoms with van der Waals surface area (Å²) in [7, 11) is -4.45. The summed E-state index contributed by atoms with van der Waals surface area (Å²) in [6, 6.07) is 0. The number of phosphoric acid groups is 1. The predicted molar refractivity (Wildman–Crippen MR) is 41.1 cm³/mol. The smallest absolute Gasteiger partial charge is 0.301 e. The van der Waals surface area contributed by atoms with E-state index in [9.17, 15) is 4.57 Å². The molecule has 0 aromatic heterocycles. The van der Waals surface area contributed by atoms with E-state index in [0.29, 0.717) is 0 Å². The van der Waals surface area contributed by atoms with Crippen molar-refractivity contribution >= 4 is 7.82 Å². The van der Waals surface area contributed by atoms with E-state index < -0.39 is 7.82 Å². The van der Waals surface area contributed by atoms with Crippen molar-refractivity contribution in [2.75, 3.05) is 0 Å². The van der Waals surface area contributed by atoms with Gasteiger partial charge in [0.15, 0.2) is 0 Å². The lowest BCUT2D eigenvalue weighted by Crippen LogP contribution is -2.16. The van der Waals surface area contributed by atoms with E-state index in [1.54, 1.807) is 0 Å². The molecule has 0 saturated heterocycles. The Bertz CT molecular complexity index is 171. The maximum Gasteiger partial charge on any atom is 0.496 e. The van der Waals surface area contributed by atoms with Crippen molar-refractivity contribution in [1.29, 1.82) is 0 Å². The largest absolute Gasteiger partial charge is 0.496 e. The van der Waals surface area contributed by atoms with Gasteiger partial charge in [0.25, 0.3) is 0 Å². The highest BCUT2D eigenvalue weighted by atomic mass is 31.2. The molecule has 12 heavy (non-hydrogen) atoms. The molecule has 1 aliphatic carbocycles. The summed E-state index contributed by atoms with van der Waals surface area (Å²) in [5.41, 5.74) is 0. The van der Waals surface area contributed by atoms with Gasteiger partial charge < -0.3 is 9.79 Å². The maximum atomic E-state index is 10.2. The van der Waals surface area contributed by atoms with Crippen molar-refractivity contribution in [3.8, 4) is 0 Å². The Morgan fingerprint density at radius 3 is 2.25 bits per heavy atom. The SMILES string of the molecule is O=P(O)(O)OOC1CCCCC1. The Morgan fingerprint density at radius 2 is 1.75 bits per heavy atom. The first-order valence-electron chi connectivity index (χ1n) is 3.98. The van der Waals surface area contributed by atoms with Gasteiger partial charge in [-0.05, 0) is 12.8 Å². The van der Waals surface area contributed by atoms with Crippen LogP contribution in [0.1, 0.15) is 32.1 Å². The fourth-order valence-electron chi connectivity index (χ4n) is 1.28. The molecule has 0 aliphatic heterocycles. The summed E-state index contributed by atoms with van der Waals surface area (Å²) in [5.74, 6) is 0. The molecule has 0 spiro atoms. The van der Waals surface area contributed by atoms with Crippen molar-refractivity contribution in [3.05, 3.63) is 0 Å². The van der Waals surface area contributed by atoms with Gasteiger partial charge in [-0.15, -0.1) is 4.67 Å². The normalized spacial score (nSPS) is 21.2. The van der Waals surface area contributed by atoms with Crippen LogP contribution in [0.3, 0.4) is 0 Å². The van der Waals surface area contributed by atoms with Crippen molar-refractivity contribution < 1.29 is 23.9 Å². The van der Waals surface area contributed by atoms with Crippen LogP contribution < -0.4 is 0 Å². The zero-order valence-corrected chi connectivity index (χ0v) is 7.57. The summed E-state index contributed by atoms with van der Waals surface area (Å²) < 4.78 is 14.2. The Kier molecular flexibility index (Phi) is 3.68. The van der Waals surface area contributed by atoms with Crippen LogP contribution >= 0.6 is 7.82 Å². The first-order chi connectivity index (χ1) is 5.58. The molecule has 72 valence electrons. The summed E-state index contributed by atoms with van der Waals surface area (Å²) in [5, 5.41) is 0. The van der Waals surface area contributed by atoms with Crippen LogP contribution in [0.5, 0.6) is 0 Å². The van der Waals surface area contributed by atoms with E-state index in [2.05, 4.69) is 9.56 Å². The van der Waals surface area contributed by atoms with Crippen LogP contribution in [0, 0.1) is 0 Å². The molecular weight excluding hydrogens is 183 g/mol. The minimum atomic E-state index is -4.45. The Labute approximate surface area is 70.9 Å². The highest BCUT2D eigenvalue weighted by Gasteiger charge is 2.21. The predicted octanol–water partition coefficient (Wildman–Crippen LogP) is 1.36. The monoisotopic (exact) mass is 196 g/mol. The third-order valence-corrected chi connectivity index (χ3v) is 2.11. The molecule has 0 heterocycles. The van der Waals surface area contributed by atoms with E-state index in [1.165, 1.54) is 0 Å². The molecule has 5 nitrogen and oxygen atoms in total. The second-order valence-corrected chi connectivity index (χ2v) is 4.05. The summed E-state index contributed by atoms with van der Waals surface area (Å²) >= 11 is 0.